The maximum absolute atomic E-state index is 13.0. The van der Waals surface area contributed by atoms with E-state index in [1.54, 1.807) is 100 Å². The van der Waals surface area contributed by atoms with Gasteiger partial charge >= 0.3 is 24.2 Å². The third-order valence-electron chi connectivity index (χ3n) is 5.35. The quantitative estimate of drug-likeness (QED) is 0.144. The minimum atomic E-state index is -1.26. The Morgan fingerprint density at radius 3 is 1.71 bits per heavy atom. The normalized spacial score (nSPS) is 13.1. The summed E-state index contributed by atoms with van der Waals surface area (Å²) >= 11 is 0. The van der Waals surface area contributed by atoms with Crippen LogP contribution in [0.25, 0.3) is 0 Å². The number of hydrogen-bond donors (Lipinski definition) is 5. The Labute approximate surface area is 265 Å². The summed E-state index contributed by atoms with van der Waals surface area (Å²) in [6, 6.07) is 4.37. The van der Waals surface area contributed by atoms with E-state index < -0.39 is 59.0 Å². The number of ether oxygens (including phenoxy) is 3. The fourth-order valence-corrected chi connectivity index (χ4v) is 3.60. The van der Waals surface area contributed by atoms with Gasteiger partial charge in [-0.1, -0.05) is 26.0 Å². The molecule has 252 valence electrons. The highest BCUT2D eigenvalue weighted by atomic mass is 16.6. The Morgan fingerprint density at radius 2 is 1.27 bits per heavy atom. The van der Waals surface area contributed by atoms with E-state index in [1.807, 2.05) is 0 Å². The van der Waals surface area contributed by atoms with Crippen molar-refractivity contribution in [1.29, 1.82) is 0 Å². The maximum Gasteiger partial charge on any atom is 0.414 e. The van der Waals surface area contributed by atoms with Gasteiger partial charge in [-0.3, -0.25) is 15.4 Å². The number of benzene rings is 1. The first-order valence-corrected chi connectivity index (χ1v) is 14.6. The fourth-order valence-electron chi connectivity index (χ4n) is 3.60. The molecule has 0 saturated heterocycles. The lowest BCUT2D eigenvalue weighted by atomic mass is 10.0. The van der Waals surface area contributed by atoms with Crippen LogP contribution in [0.3, 0.4) is 0 Å². The van der Waals surface area contributed by atoms with E-state index in [0.29, 0.717) is 11.3 Å². The van der Waals surface area contributed by atoms with E-state index in [-0.39, 0.29) is 24.7 Å². The minimum Gasteiger partial charge on any atom is -0.480 e. The zero-order valence-electron chi connectivity index (χ0n) is 28.1. The van der Waals surface area contributed by atoms with E-state index in [2.05, 4.69) is 26.3 Å². The molecule has 0 spiro atoms. The highest BCUT2D eigenvalue weighted by Crippen LogP contribution is 2.17. The topological polar surface area (TPSA) is 194 Å². The van der Waals surface area contributed by atoms with Gasteiger partial charge in [0, 0.05) is 0 Å². The van der Waals surface area contributed by atoms with Crippen LogP contribution < -0.4 is 21.3 Å². The van der Waals surface area contributed by atoms with Crippen LogP contribution >= 0.6 is 0 Å². The summed E-state index contributed by atoms with van der Waals surface area (Å²) in [4.78, 5) is 66.4. The van der Waals surface area contributed by atoms with Crippen LogP contribution in [0.5, 0.6) is 0 Å². The van der Waals surface area contributed by atoms with Crippen molar-refractivity contribution < 1.29 is 43.3 Å². The monoisotopic (exact) mass is 635 g/mol. The average Bonchev–Trinajstić information content (AvgIpc) is 2.81. The van der Waals surface area contributed by atoms with Crippen molar-refractivity contribution in [2.24, 2.45) is 10.9 Å². The summed E-state index contributed by atoms with van der Waals surface area (Å²) in [5.74, 6) is -2.50. The first-order valence-electron chi connectivity index (χ1n) is 14.6. The fraction of sp³-hybridized carbons (Fsp3) is 0.613. The van der Waals surface area contributed by atoms with Crippen molar-refractivity contribution >= 4 is 41.8 Å². The second kappa shape index (κ2) is 16.1. The summed E-state index contributed by atoms with van der Waals surface area (Å²) in [6.45, 7) is 18.6. The number of rotatable bonds is 9. The Balaban J connectivity index is 3.10. The Hall–Kier alpha value is -4.36. The summed E-state index contributed by atoms with van der Waals surface area (Å²) in [6.07, 6.45) is -2.25. The van der Waals surface area contributed by atoms with Crippen LogP contribution in [0.1, 0.15) is 88.1 Å². The SMILES string of the molecule is CC(C)[C@H](NC(=O)OC(C)(C)C)C(=O)NC(CCc1cccc(N=C(NC(=O)OC(C)(C)C)NC(=O)OC(C)(C)C)c1)C(=O)O. The number of carboxylic acid groups (broad SMARTS) is 1. The van der Waals surface area contributed by atoms with Crippen LogP contribution in [0.4, 0.5) is 20.1 Å². The molecule has 45 heavy (non-hydrogen) atoms. The Kier molecular flexibility index (Phi) is 13.8. The molecule has 1 rings (SSSR count). The van der Waals surface area contributed by atoms with Gasteiger partial charge in [-0.05, 0) is 98.8 Å². The predicted molar refractivity (Wildman–Crippen MR) is 168 cm³/mol. The molecule has 2 atom stereocenters. The largest absolute Gasteiger partial charge is 0.480 e. The number of aliphatic carboxylic acids is 1. The average molecular weight is 636 g/mol. The van der Waals surface area contributed by atoms with E-state index in [0.717, 1.165) is 0 Å². The molecule has 0 fully saturated rings. The van der Waals surface area contributed by atoms with Crippen molar-refractivity contribution in [3.8, 4) is 0 Å². The summed E-state index contributed by atoms with van der Waals surface area (Å²) < 4.78 is 15.8. The highest BCUT2D eigenvalue weighted by Gasteiger charge is 2.30. The van der Waals surface area contributed by atoms with Crippen molar-refractivity contribution in [1.82, 2.24) is 21.3 Å². The zero-order valence-corrected chi connectivity index (χ0v) is 28.1. The molecule has 1 unspecified atom stereocenters. The summed E-state index contributed by atoms with van der Waals surface area (Å²) in [5.41, 5.74) is -1.40. The van der Waals surface area contributed by atoms with Crippen LogP contribution in [-0.2, 0) is 30.2 Å². The standard InChI is InChI=1S/C31H49N5O9/c1-18(2)22(34-26(40)43-29(3,4)5)23(37)33-21(24(38)39)16-15-19-13-12-14-20(17-19)32-25(35-27(41)44-30(6,7)8)36-28(42)45-31(9,10)11/h12-14,17-18,21-22H,15-16H2,1-11H3,(H,33,37)(H,34,40)(H,38,39)(H2,32,35,36,41,42)/t21?,22-/m0/s1. The van der Waals surface area contributed by atoms with Crippen LogP contribution in [-0.4, -0.2) is 70.1 Å². The molecule has 1 aromatic carbocycles. The van der Waals surface area contributed by atoms with Gasteiger partial charge < -0.3 is 30.0 Å². The number of amides is 4. The molecule has 0 aliphatic rings. The molecule has 14 nitrogen and oxygen atoms in total. The number of aryl methyl sites for hydroxylation is 1. The second-order valence-corrected chi connectivity index (χ2v) is 13.7. The lowest BCUT2D eigenvalue weighted by Gasteiger charge is -2.26. The number of carboxylic acids is 1. The molecule has 5 N–H and O–H groups in total. The van der Waals surface area contributed by atoms with Gasteiger partial charge in [0.1, 0.15) is 28.9 Å². The van der Waals surface area contributed by atoms with Gasteiger partial charge in [-0.2, -0.15) is 0 Å². The first-order chi connectivity index (χ1) is 20.4. The van der Waals surface area contributed by atoms with Crippen LogP contribution in [0, 0.1) is 5.92 Å². The predicted octanol–water partition coefficient (Wildman–Crippen LogP) is 4.77. The second-order valence-electron chi connectivity index (χ2n) is 13.7. The molecular weight excluding hydrogens is 586 g/mol. The van der Waals surface area contributed by atoms with Crippen LogP contribution in [0.2, 0.25) is 0 Å². The third kappa shape index (κ3) is 16.9. The molecule has 4 amide bonds. The van der Waals surface area contributed by atoms with Crippen molar-refractivity contribution in [2.75, 3.05) is 0 Å². The molecule has 0 aromatic heterocycles. The lowest BCUT2D eigenvalue weighted by Crippen LogP contribution is -2.54. The van der Waals surface area contributed by atoms with Gasteiger partial charge in [0.25, 0.3) is 0 Å². The molecule has 14 heteroatoms. The van der Waals surface area contributed by atoms with Gasteiger partial charge in [0.15, 0.2) is 0 Å². The number of aliphatic imine (C=N–C) groups is 1. The molecule has 0 heterocycles. The molecule has 1 aromatic rings. The summed E-state index contributed by atoms with van der Waals surface area (Å²) in [5, 5.41) is 19.6. The number of nitrogens with one attached hydrogen (secondary N) is 4. The molecule has 0 saturated carbocycles. The van der Waals surface area contributed by atoms with E-state index in [4.69, 9.17) is 14.2 Å². The minimum absolute atomic E-state index is 0.0185. The molecular formula is C31H49N5O9. The highest BCUT2D eigenvalue weighted by molar-refractivity contribution is 6.02. The molecule has 0 radical (unpaired) electrons. The number of guanidine groups is 1. The number of hydrogen-bond acceptors (Lipinski definition) is 9. The molecule has 0 aliphatic heterocycles. The summed E-state index contributed by atoms with van der Waals surface area (Å²) in [7, 11) is 0. The Bertz CT molecular complexity index is 1210. The van der Waals surface area contributed by atoms with Crippen molar-refractivity contribution in [2.45, 2.75) is 118 Å². The zero-order chi connectivity index (χ0) is 34.8. The first kappa shape index (κ1) is 38.7. The van der Waals surface area contributed by atoms with Crippen molar-refractivity contribution in [3.63, 3.8) is 0 Å². The number of carbonyl (C=O) groups excluding carboxylic acids is 4. The van der Waals surface area contributed by atoms with Gasteiger partial charge in [0.2, 0.25) is 11.9 Å². The van der Waals surface area contributed by atoms with E-state index in [9.17, 15) is 29.1 Å². The number of carbonyl (C=O) groups is 5. The van der Waals surface area contributed by atoms with Crippen molar-refractivity contribution in [3.05, 3.63) is 29.8 Å². The van der Waals surface area contributed by atoms with E-state index in [1.165, 1.54) is 0 Å². The smallest absolute Gasteiger partial charge is 0.414 e. The van der Waals surface area contributed by atoms with Gasteiger partial charge in [-0.25, -0.2) is 24.2 Å². The van der Waals surface area contributed by atoms with Gasteiger partial charge in [-0.15, -0.1) is 0 Å². The van der Waals surface area contributed by atoms with Gasteiger partial charge in [0.05, 0.1) is 5.69 Å². The Morgan fingerprint density at radius 1 is 0.778 bits per heavy atom. The van der Waals surface area contributed by atoms with E-state index >= 15 is 0 Å². The van der Waals surface area contributed by atoms with Crippen LogP contribution in [0.15, 0.2) is 29.3 Å². The molecule has 0 bridgehead atoms. The third-order valence-corrected chi connectivity index (χ3v) is 5.35. The molecule has 0 aliphatic carbocycles. The number of alkyl carbamates (subject to hydrolysis) is 3. The maximum atomic E-state index is 13.0. The lowest BCUT2D eigenvalue weighted by molar-refractivity contribution is -0.142. The number of nitrogens with zero attached hydrogens (tertiary/aromatic N) is 1.